The van der Waals surface area contributed by atoms with Crippen molar-refractivity contribution in [3.8, 4) is 0 Å². The Morgan fingerprint density at radius 1 is 1.36 bits per heavy atom. The van der Waals surface area contributed by atoms with E-state index >= 15 is 0 Å². The van der Waals surface area contributed by atoms with E-state index < -0.39 is 23.6 Å². The van der Waals surface area contributed by atoms with Gasteiger partial charge in [-0.15, -0.1) is 0 Å². The minimum atomic E-state index is -1.47. The molecule has 1 aromatic carbocycles. The molecule has 3 unspecified atom stereocenters. The highest BCUT2D eigenvalue weighted by Gasteiger charge is 2.58. The molecular weight excluding hydrogens is 320 g/mol. The maximum absolute atomic E-state index is 12.3. The van der Waals surface area contributed by atoms with E-state index in [-0.39, 0.29) is 24.4 Å². The summed E-state index contributed by atoms with van der Waals surface area (Å²) in [5, 5.41) is 20.7. The molecule has 0 spiro atoms. The van der Waals surface area contributed by atoms with Crippen molar-refractivity contribution in [1.29, 1.82) is 0 Å². The van der Waals surface area contributed by atoms with Gasteiger partial charge < -0.3 is 14.9 Å². The quantitative estimate of drug-likeness (QED) is 0.450. The molecule has 136 valence electrons. The number of hydrogen-bond donors (Lipinski definition) is 2. The predicted octanol–water partition coefficient (Wildman–Crippen LogP) is 3.11. The van der Waals surface area contributed by atoms with Crippen molar-refractivity contribution < 1.29 is 24.5 Å². The highest BCUT2D eigenvalue weighted by atomic mass is 16.6. The highest BCUT2D eigenvalue weighted by molar-refractivity contribution is 5.93. The average molecular weight is 346 g/mol. The summed E-state index contributed by atoms with van der Waals surface area (Å²) in [5.74, 6) is -1.90. The van der Waals surface area contributed by atoms with Crippen molar-refractivity contribution in [2.45, 2.75) is 57.7 Å². The molecule has 1 aliphatic carbocycles. The zero-order chi connectivity index (χ0) is 18.4. The third-order valence-electron chi connectivity index (χ3n) is 4.79. The second-order valence-electron chi connectivity index (χ2n) is 6.52. The smallest absolute Gasteiger partial charge is 0.303 e. The van der Waals surface area contributed by atoms with Gasteiger partial charge in [-0.2, -0.15) is 0 Å². The van der Waals surface area contributed by atoms with Gasteiger partial charge in [-0.3, -0.25) is 9.59 Å². The van der Waals surface area contributed by atoms with E-state index in [1.165, 1.54) is 12.5 Å². The first kappa shape index (κ1) is 19.2. The van der Waals surface area contributed by atoms with Crippen LogP contribution >= 0.6 is 0 Å². The molecule has 0 radical (unpaired) electrons. The molecule has 1 fully saturated rings. The molecule has 0 bridgehead atoms. The first-order chi connectivity index (χ1) is 11.9. The van der Waals surface area contributed by atoms with Crippen molar-refractivity contribution in [3.05, 3.63) is 47.7 Å². The Morgan fingerprint density at radius 3 is 2.64 bits per heavy atom. The summed E-state index contributed by atoms with van der Waals surface area (Å²) in [6.07, 6.45) is 3.00. The largest absolute Gasteiger partial charge is 0.512 e. The monoisotopic (exact) mass is 346 g/mol. The maximum Gasteiger partial charge on any atom is 0.303 e. The Morgan fingerprint density at radius 2 is 2.04 bits per heavy atom. The molecule has 1 saturated carbocycles. The van der Waals surface area contributed by atoms with Gasteiger partial charge >= 0.3 is 5.97 Å². The van der Waals surface area contributed by atoms with Gasteiger partial charge in [0.05, 0.1) is 17.8 Å². The van der Waals surface area contributed by atoms with E-state index in [9.17, 15) is 19.8 Å². The standard InChI is InChI=1S/C20H26O5/c1-3-20(25-14(2)21)18(24)13-17(23)19(20)16(22)12-8-7-11-15-9-5-4-6-10-15/h4-6,9-10,12,17,19,22-23H,3,7-8,11,13H2,1-2H3/b16-12+. The van der Waals surface area contributed by atoms with Crippen molar-refractivity contribution in [2.24, 2.45) is 5.92 Å². The van der Waals surface area contributed by atoms with Gasteiger partial charge in [0.1, 0.15) is 0 Å². The summed E-state index contributed by atoms with van der Waals surface area (Å²) in [6, 6.07) is 10.0. The number of aliphatic hydroxyl groups excluding tert-OH is 2. The van der Waals surface area contributed by atoms with E-state index in [1.807, 2.05) is 30.3 Å². The number of allylic oxidation sites excluding steroid dienone is 1. The molecule has 1 aromatic rings. The number of aliphatic hydroxyl groups is 2. The number of benzene rings is 1. The lowest BCUT2D eigenvalue weighted by Crippen LogP contribution is -2.46. The number of aryl methyl sites for hydroxylation is 1. The number of hydrogen-bond acceptors (Lipinski definition) is 5. The van der Waals surface area contributed by atoms with Crippen LogP contribution in [0, 0.1) is 5.92 Å². The molecule has 25 heavy (non-hydrogen) atoms. The molecule has 0 saturated heterocycles. The van der Waals surface area contributed by atoms with Gasteiger partial charge in [0.15, 0.2) is 11.4 Å². The van der Waals surface area contributed by atoms with Gasteiger partial charge in [-0.05, 0) is 37.3 Å². The van der Waals surface area contributed by atoms with Crippen molar-refractivity contribution in [1.82, 2.24) is 0 Å². The number of carbonyl (C=O) groups is 2. The van der Waals surface area contributed by atoms with E-state index in [2.05, 4.69) is 0 Å². The van der Waals surface area contributed by atoms with Gasteiger partial charge in [-0.1, -0.05) is 37.3 Å². The Labute approximate surface area is 148 Å². The molecule has 0 amide bonds. The summed E-state index contributed by atoms with van der Waals surface area (Å²) < 4.78 is 5.29. The van der Waals surface area contributed by atoms with E-state index in [4.69, 9.17) is 4.74 Å². The van der Waals surface area contributed by atoms with Gasteiger partial charge in [-0.25, -0.2) is 0 Å². The first-order valence-corrected chi connectivity index (χ1v) is 8.74. The molecule has 0 heterocycles. The summed E-state index contributed by atoms with van der Waals surface area (Å²) in [4.78, 5) is 23.8. The normalized spacial score (nSPS) is 26.7. The third kappa shape index (κ3) is 4.28. The number of ether oxygens (including phenoxy) is 1. The van der Waals surface area contributed by atoms with Crippen LogP contribution in [-0.4, -0.2) is 33.7 Å². The Bertz CT molecular complexity index is 637. The van der Waals surface area contributed by atoms with Crippen LogP contribution < -0.4 is 0 Å². The number of Topliss-reactive ketones (excluding diaryl/α,β-unsaturated/α-hetero) is 1. The van der Waals surface area contributed by atoms with Crippen LogP contribution in [0.5, 0.6) is 0 Å². The van der Waals surface area contributed by atoms with Gasteiger partial charge in [0.2, 0.25) is 0 Å². The minimum Gasteiger partial charge on any atom is -0.512 e. The SMILES string of the molecule is CCC1(OC(C)=O)C(=O)CC(O)C1/C(O)=C\CCCc1ccccc1. The third-order valence-corrected chi connectivity index (χ3v) is 4.79. The lowest BCUT2D eigenvalue weighted by Gasteiger charge is -2.32. The van der Waals surface area contributed by atoms with Crippen LogP contribution in [0.2, 0.25) is 0 Å². The molecule has 0 aliphatic heterocycles. The number of esters is 1. The number of rotatable bonds is 7. The lowest BCUT2D eigenvalue weighted by atomic mass is 9.84. The van der Waals surface area contributed by atoms with Crippen LogP contribution in [0.25, 0.3) is 0 Å². The number of carbonyl (C=O) groups excluding carboxylic acids is 2. The molecule has 3 atom stereocenters. The van der Waals surface area contributed by atoms with E-state index in [0.717, 1.165) is 12.8 Å². The minimum absolute atomic E-state index is 0.0745. The number of ketones is 1. The van der Waals surface area contributed by atoms with Gasteiger partial charge in [0, 0.05) is 13.3 Å². The highest BCUT2D eigenvalue weighted by Crippen LogP contribution is 2.42. The van der Waals surface area contributed by atoms with Crippen LogP contribution in [0.1, 0.15) is 45.1 Å². The fraction of sp³-hybridized carbons (Fsp3) is 0.500. The Kier molecular flexibility index (Phi) is 6.37. The van der Waals surface area contributed by atoms with E-state index in [1.54, 1.807) is 13.0 Å². The van der Waals surface area contributed by atoms with Gasteiger partial charge in [0.25, 0.3) is 0 Å². The molecule has 0 aromatic heterocycles. The number of unbranched alkanes of at least 4 members (excludes halogenated alkanes) is 1. The molecular formula is C20H26O5. The van der Waals surface area contributed by atoms with Crippen LogP contribution in [0.15, 0.2) is 42.2 Å². The summed E-state index contributed by atoms with van der Waals surface area (Å²) in [7, 11) is 0. The molecule has 1 aliphatic rings. The van der Waals surface area contributed by atoms with Crippen molar-refractivity contribution in [2.75, 3.05) is 0 Å². The second-order valence-corrected chi connectivity index (χ2v) is 6.52. The summed E-state index contributed by atoms with van der Waals surface area (Å²) in [6.45, 7) is 2.95. The molecule has 5 nitrogen and oxygen atoms in total. The van der Waals surface area contributed by atoms with Crippen LogP contribution in [0.4, 0.5) is 0 Å². The topological polar surface area (TPSA) is 83.8 Å². The predicted molar refractivity (Wildman–Crippen MR) is 94.0 cm³/mol. The van der Waals surface area contributed by atoms with Crippen LogP contribution in [-0.2, 0) is 20.7 Å². The fourth-order valence-corrected chi connectivity index (χ4v) is 3.59. The second kappa shape index (κ2) is 8.30. The Hall–Kier alpha value is -2.14. The summed E-state index contributed by atoms with van der Waals surface area (Å²) >= 11 is 0. The summed E-state index contributed by atoms with van der Waals surface area (Å²) in [5.41, 5.74) is -0.250. The zero-order valence-electron chi connectivity index (χ0n) is 14.8. The lowest BCUT2D eigenvalue weighted by molar-refractivity contribution is -0.169. The van der Waals surface area contributed by atoms with E-state index in [0.29, 0.717) is 6.42 Å². The maximum atomic E-state index is 12.3. The zero-order valence-corrected chi connectivity index (χ0v) is 14.8. The first-order valence-electron chi connectivity index (χ1n) is 8.74. The molecule has 2 N–H and O–H groups in total. The molecule has 5 heteroatoms. The van der Waals surface area contributed by atoms with Crippen molar-refractivity contribution in [3.63, 3.8) is 0 Å². The average Bonchev–Trinajstić information content (AvgIpc) is 2.82. The Balaban J connectivity index is 2.07. The van der Waals surface area contributed by atoms with Crippen molar-refractivity contribution >= 4 is 11.8 Å². The molecule has 2 rings (SSSR count). The fourth-order valence-electron chi connectivity index (χ4n) is 3.59. The van der Waals surface area contributed by atoms with Crippen LogP contribution in [0.3, 0.4) is 0 Å².